The van der Waals surface area contributed by atoms with Crippen molar-refractivity contribution in [1.82, 2.24) is 0 Å². The number of nitro benzene ring substituents is 1. The van der Waals surface area contributed by atoms with Crippen LogP contribution >= 0.6 is 0 Å². The predicted molar refractivity (Wildman–Crippen MR) is 51.7 cm³/mol. The zero-order chi connectivity index (χ0) is 11.6. The summed E-state index contributed by atoms with van der Waals surface area (Å²) >= 11 is 0. The van der Waals surface area contributed by atoms with E-state index in [0.717, 1.165) is 18.2 Å². The first-order valence-corrected chi connectivity index (χ1v) is 4.25. The van der Waals surface area contributed by atoms with Gasteiger partial charge >= 0.3 is 0 Å². The summed E-state index contributed by atoms with van der Waals surface area (Å²) in [5.41, 5.74) is 3.20. The Bertz CT molecular complexity index is 393. The summed E-state index contributed by atoms with van der Waals surface area (Å²) in [5, 5.41) is 20.4. The minimum absolute atomic E-state index is 0.116. The lowest BCUT2D eigenvalue weighted by Crippen LogP contribution is -2.32. The van der Waals surface area contributed by atoms with Crippen molar-refractivity contribution in [3.63, 3.8) is 0 Å². The van der Waals surface area contributed by atoms with E-state index >= 15 is 0 Å². The Kier molecular flexibility index (Phi) is 3.01. The minimum Gasteiger partial charge on any atom is -0.384 e. The number of aliphatic hydroxyl groups is 1. The number of nitrogens with two attached hydrogens (primary N) is 1. The molecule has 0 bridgehead atoms. The lowest BCUT2D eigenvalue weighted by molar-refractivity contribution is -0.386. The SMILES string of the molecule is CC(O)(CN)c1cc(F)ccc1[N+](=O)[O-]. The average Bonchev–Trinajstić information content (AvgIpc) is 2.17. The van der Waals surface area contributed by atoms with E-state index in [1.54, 1.807) is 0 Å². The van der Waals surface area contributed by atoms with Crippen LogP contribution in [0.15, 0.2) is 18.2 Å². The van der Waals surface area contributed by atoms with Crippen molar-refractivity contribution in [1.29, 1.82) is 0 Å². The Balaban J connectivity index is 3.37. The van der Waals surface area contributed by atoms with Crippen LogP contribution in [0.25, 0.3) is 0 Å². The van der Waals surface area contributed by atoms with E-state index in [0.29, 0.717) is 0 Å². The second kappa shape index (κ2) is 3.92. The van der Waals surface area contributed by atoms with Crippen LogP contribution in [0.1, 0.15) is 12.5 Å². The summed E-state index contributed by atoms with van der Waals surface area (Å²) in [7, 11) is 0. The van der Waals surface area contributed by atoms with Gasteiger partial charge in [-0.3, -0.25) is 10.1 Å². The monoisotopic (exact) mass is 214 g/mol. The van der Waals surface area contributed by atoms with Gasteiger partial charge in [0.2, 0.25) is 0 Å². The zero-order valence-electron chi connectivity index (χ0n) is 8.11. The van der Waals surface area contributed by atoms with Crippen molar-refractivity contribution in [2.24, 2.45) is 5.73 Å². The molecule has 1 unspecified atom stereocenters. The van der Waals surface area contributed by atoms with Crippen LogP contribution in [0, 0.1) is 15.9 Å². The molecular weight excluding hydrogens is 203 g/mol. The van der Waals surface area contributed by atoms with Gasteiger partial charge in [0.15, 0.2) is 0 Å². The molecular formula is C9H11FN2O3. The van der Waals surface area contributed by atoms with Crippen LogP contribution in [0.5, 0.6) is 0 Å². The van der Waals surface area contributed by atoms with E-state index in [9.17, 15) is 19.6 Å². The Morgan fingerprint density at radius 2 is 2.27 bits per heavy atom. The maximum Gasteiger partial charge on any atom is 0.275 e. The van der Waals surface area contributed by atoms with Crippen molar-refractivity contribution < 1.29 is 14.4 Å². The Morgan fingerprint density at radius 3 is 2.73 bits per heavy atom. The number of hydrogen-bond acceptors (Lipinski definition) is 4. The van der Waals surface area contributed by atoms with Gasteiger partial charge in [0.1, 0.15) is 11.4 Å². The van der Waals surface area contributed by atoms with Crippen molar-refractivity contribution in [3.8, 4) is 0 Å². The third kappa shape index (κ3) is 2.28. The maximum absolute atomic E-state index is 12.9. The third-order valence-corrected chi connectivity index (χ3v) is 2.13. The predicted octanol–water partition coefficient (Wildman–Crippen LogP) is 0.900. The highest BCUT2D eigenvalue weighted by atomic mass is 19.1. The molecule has 0 aliphatic heterocycles. The van der Waals surface area contributed by atoms with E-state index in [1.165, 1.54) is 6.92 Å². The first-order chi connectivity index (χ1) is 6.88. The zero-order valence-corrected chi connectivity index (χ0v) is 8.11. The highest BCUT2D eigenvalue weighted by Gasteiger charge is 2.30. The fraction of sp³-hybridized carbons (Fsp3) is 0.333. The van der Waals surface area contributed by atoms with Gasteiger partial charge in [-0.15, -0.1) is 0 Å². The van der Waals surface area contributed by atoms with Crippen LogP contribution in [0.4, 0.5) is 10.1 Å². The summed E-state index contributed by atoms with van der Waals surface area (Å²) in [5.74, 6) is -0.649. The quantitative estimate of drug-likeness (QED) is 0.577. The minimum atomic E-state index is -1.61. The van der Waals surface area contributed by atoms with Crippen LogP contribution in [0.2, 0.25) is 0 Å². The molecule has 0 fully saturated rings. The van der Waals surface area contributed by atoms with Gasteiger partial charge in [0, 0.05) is 12.6 Å². The second-order valence-corrected chi connectivity index (χ2v) is 3.40. The van der Waals surface area contributed by atoms with Crippen molar-refractivity contribution in [2.45, 2.75) is 12.5 Å². The van der Waals surface area contributed by atoms with Crippen LogP contribution in [-0.4, -0.2) is 16.6 Å². The molecule has 1 atom stereocenters. The molecule has 1 aromatic carbocycles. The Hall–Kier alpha value is -1.53. The fourth-order valence-corrected chi connectivity index (χ4v) is 1.21. The van der Waals surface area contributed by atoms with Crippen LogP contribution < -0.4 is 5.73 Å². The Morgan fingerprint density at radius 1 is 1.67 bits per heavy atom. The van der Waals surface area contributed by atoms with Gasteiger partial charge in [-0.2, -0.15) is 0 Å². The molecule has 82 valence electrons. The molecule has 0 saturated carbocycles. The third-order valence-electron chi connectivity index (χ3n) is 2.13. The highest BCUT2D eigenvalue weighted by Crippen LogP contribution is 2.29. The van der Waals surface area contributed by atoms with Crippen molar-refractivity contribution >= 4 is 5.69 Å². The molecule has 1 aromatic rings. The van der Waals surface area contributed by atoms with E-state index in [-0.39, 0.29) is 17.8 Å². The van der Waals surface area contributed by atoms with E-state index < -0.39 is 16.3 Å². The summed E-state index contributed by atoms with van der Waals surface area (Å²) < 4.78 is 12.9. The summed E-state index contributed by atoms with van der Waals surface area (Å²) in [4.78, 5) is 9.95. The lowest BCUT2D eigenvalue weighted by Gasteiger charge is -2.21. The largest absolute Gasteiger partial charge is 0.384 e. The number of rotatable bonds is 3. The van der Waals surface area contributed by atoms with Gasteiger partial charge in [-0.25, -0.2) is 4.39 Å². The van der Waals surface area contributed by atoms with Crippen molar-refractivity contribution in [2.75, 3.05) is 6.54 Å². The molecule has 0 amide bonds. The van der Waals surface area contributed by atoms with Gasteiger partial charge in [0.05, 0.1) is 10.5 Å². The second-order valence-electron chi connectivity index (χ2n) is 3.40. The van der Waals surface area contributed by atoms with E-state index in [1.807, 2.05) is 0 Å². The lowest BCUT2D eigenvalue weighted by atomic mass is 9.94. The summed E-state index contributed by atoms with van der Waals surface area (Å²) in [6.45, 7) is 1.08. The molecule has 6 heteroatoms. The normalized spacial score (nSPS) is 14.7. The number of halogens is 1. The maximum atomic E-state index is 12.9. The number of hydrogen-bond donors (Lipinski definition) is 2. The van der Waals surface area contributed by atoms with Gasteiger partial charge in [-0.05, 0) is 19.1 Å². The topological polar surface area (TPSA) is 89.4 Å². The molecule has 5 nitrogen and oxygen atoms in total. The average molecular weight is 214 g/mol. The molecule has 0 heterocycles. The molecule has 0 radical (unpaired) electrons. The van der Waals surface area contributed by atoms with Gasteiger partial charge in [-0.1, -0.05) is 0 Å². The van der Waals surface area contributed by atoms with Gasteiger partial charge < -0.3 is 10.8 Å². The van der Waals surface area contributed by atoms with E-state index in [2.05, 4.69) is 0 Å². The smallest absolute Gasteiger partial charge is 0.275 e. The summed E-state index contributed by atoms with van der Waals surface area (Å²) in [6, 6.07) is 2.90. The molecule has 0 aliphatic rings. The molecule has 0 aliphatic carbocycles. The van der Waals surface area contributed by atoms with Crippen LogP contribution in [0.3, 0.4) is 0 Å². The standard InChI is InChI=1S/C9H11FN2O3/c1-9(13,5-11)7-4-6(10)2-3-8(7)12(14)15/h2-4,13H,5,11H2,1H3. The number of nitrogens with zero attached hydrogens (tertiary/aromatic N) is 1. The molecule has 0 saturated heterocycles. The number of nitro groups is 1. The highest BCUT2D eigenvalue weighted by molar-refractivity contribution is 5.44. The number of benzene rings is 1. The molecule has 1 rings (SSSR count). The van der Waals surface area contributed by atoms with Crippen molar-refractivity contribution in [3.05, 3.63) is 39.7 Å². The van der Waals surface area contributed by atoms with Crippen LogP contribution in [-0.2, 0) is 5.60 Å². The molecule has 0 aromatic heterocycles. The van der Waals surface area contributed by atoms with Gasteiger partial charge in [0.25, 0.3) is 5.69 Å². The molecule has 3 N–H and O–H groups in total. The fourth-order valence-electron chi connectivity index (χ4n) is 1.21. The first kappa shape index (κ1) is 11.5. The first-order valence-electron chi connectivity index (χ1n) is 4.25. The Labute approximate surface area is 85.5 Å². The summed E-state index contributed by atoms with van der Waals surface area (Å²) in [6.07, 6.45) is 0. The van der Waals surface area contributed by atoms with E-state index in [4.69, 9.17) is 5.73 Å². The molecule has 15 heavy (non-hydrogen) atoms. The molecule has 0 spiro atoms.